The van der Waals surface area contributed by atoms with Crippen LogP contribution in [0.5, 0.6) is 0 Å². The molecule has 11 aromatic carbocycles. The van der Waals surface area contributed by atoms with Gasteiger partial charge in [0, 0.05) is 49.6 Å². The van der Waals surface area contributed by atoms with Crippen molar-refractivity contribution in [1.29, 1.82) is 0 Å². The van der Waals surface area contributed by atoms with E-state index < -0.39 is 5.41 Å². The molecule has 3 aliphatic carbocycles. The van der Waals surface area contributed by atoms with E-state index in [4.69, 9.17) is 8.83 Å². The van der Waals surface area contributed by atoms with Crippen LogP contribution in [0.15, 0.2) is 233 Å². The highest BCUT2D eigenvalue weighted by molar-refractivity contribution is 6.24. The lowest BCUT2D eigenvalue weighted by atomic mass is 9.70. The molecule has 3 heteroatoms. The number of fused-ring (bicyclic) bond motifs is 20. The topological polar surface area (TPSA) is 29.5 Å². The molecule has 13 aromatic rings. The van der Waals surface area contributed by atoms with Crippen LogP contribution in [0.2, 0.25) is 0 Å². The van der Waals surface area contributed by atoms with Gasteiger partial charge in [0.1, 0.15) is 22.3 Å². The molecular weight excluding hydrogens is 863 g/mol. The van der Waals surface area contributed by atoms with Gasteiger partial charge in [-0.15, -0.1) is 0 Å². The number of anilines is 3. The zero-order chi connectivity index (χ0) is 46.7. The lowest BCUT2D eigenvalue weighted by molar-refractivity contribution is 0.660. The quantitative estimate of drug-likeness (QED) is 0.176. The molecule has 0 bridgehead atoms. The predicted molar refractivity (Wildman–Crippen MR) is 292 cm³/mol. The maximum Gasteiger partial charge on any atom is 0.144 e. The maximum atomic E-state index is 7.24. The predicted octanol–water partition coefficient (Wildman–Crippen LogP) is 18.4. The van der Waals surface area contributed by atoms with E-state index in [0.717, 1.165) is 72.1 Å². The van der Waals surface area contributed by atoms with E-state index in [9.17, 15) is 0 Å². The molecule has 3 nitrogen and oxygen atoms in total. The van der Waals surface area contributed by atoms with Crippen molar-refractivity contribution < 1.29 is 8.83 Å². The summed E-state index contributed by atoms with van der Waals surface area (Å²) in [5.74, 6) is 0. The third-order valence-electron chi connectivity index (χ3n) is 16.4. The number of hydrogen-bond donors (Lipinski definition) is 0. The summed E-state index contributed by atoms with van der Waals surface area (Å²) in [5.41, 5.74) is 23.8. The van der Waals surface area contributed by atoms with E-state index in [1.165, 1.54) is 77.5 Å². The van der Waals surface area contributed by atoms with Crippen molar-refractivity contribution in [2.75, 3.05) is 4.90 Å². The van der Waals surface area contributed by atoms with Gasteiger partial charge in [-0.3, -0.25) is 0 Å². The minimum Gasteiger partial charge on any atom is -0.456 e. The van der Waals surface area contributed by atoms with Crippen LogP contribution >= 0.6 is 0 Å². The summed E-state index contributed by atoms with van der Waals surface area (Å²) < 4.78 is 14.1. The molecule has 3 aliphatic rings. The van der Waals surface area contributed by atoms with E-state index in [2.05, 4.69) is 243 Å². The van der Waals surface area contributed by atoms with Crippen molar-refractivity contribution >= 4 is 71.7 Å². The summed E-state index contributed by atoms with van der Waals surface area (Å²) in [5, 5.41) is 6.58. The van der Waals surface area contributed by atoms with Crippen LogP contribution in [0.25, 0.3) is 99.2 Å². The Kier molecular flexibility index (Phi) is 7.62. The zero-order valence-electron chi connectivity index (χ0n) is 39.1. The molecule has 0 atom stereocenters. The fourth-order valence-corrected chi connectivity index (χ4v) is 13.4. The Labute approximate surface area is 410 Å². The third-order valence-corrected chi connectivity index (χ3v) is 16.4. The van der Waals surface area contributed by atoms with E-state index >= 15 is 0 Å². The standard InChI is InChI=1S/C68H43NO2/c1-67(2)55-22-10-5-17-46(55)50-33-30-45(38-59(50)67)69(43-29-27-40-15-3-4-16-41(40)35-43)44-31-34-62-53(37-44)54-39-63-65(52-21-9-14-26-61(52)70-63)64(66(54)71-62)42-28-32-51-49-20-8-13-25-58(49)68(60(51)36-42)56-23-11-6-18-47(56)48-19-7-12-24-57(48)68/h3-39H,1-2H3. The van der Waals surface area contributed by atoms with Gasteiger partial charge in [-0.05, 0) is 144 Å². The Balaban J connectivity index is 0.946. The summed E-state index contributed by atoms with van der Waals surface area (Å²) in [6, 6.07) is 82.9. The molecule has 0 N–H and O–H groups in total. The molecule has 2 heterocycles. The van der Waals surface area contributed by atoms with Crippen molar-refractivity contribution in [3.63, 3.8) is 0 Å². The first-order valence-electron chi connectivity index (χ1n) is 24.7. The van der Waals surface area contributed by atoms with Crippen LogP contribution in [0.4, 0.5) is 17.1 Å². The second kappa shape index (κ2) is 13.9. The molecular formula is C68H43NO2. The normalized spacial score (nSPS) is 14.3. The first-order valence-corrected chi connectivity index (χ1v) is 24.7. The molecule has 0 amide bonds. The number of para-hydroxylation sites is 1. The summed E-state index contributed by atoms with van der Waals surface area (Å²) in [4.78, 5) is 2.42. The molecule has 2 aromatic heterocycles. The molecule has 1 spiro atoms. The summed E-state index contributed by atoms with van der Waals surface area (Å²) in [6.07, 6.45) is 0. The first kappa shape index (κ1) is 39.0. The Bertz CT molecular complexity index is 4400. The second-order valence-corrected chi connectivity index (χ2v) is 20.3. The fraction of sp³-hybridized carbons (Fsp3) is 0.0588. The van der Waals surface area contributed by atoms with Gasteiger partial charge in [0.05, 0.1) is 5.41 Å². The smallest absolute Gasteiger partial charge is 0.144 e. The second-order valence-electron chi connectivity index (χ2n) is 20.3. The largest absolute Gasteiger partial charge is 0.456 e. The average molecular weight is 906 g/mol. The van der Waals surface area contributed by atoms with E-state index in [1.807, 2.05) is 0 Å². The molecule has 332 valence electrons. The Morgan fingerprint density at radius 3 is 1.62 bits per heavy atom. The Morgan fingerprint density at radius 1 is 0.338 bits per heavy atom. The van der Waals surface area contributed by atoms with Crippen molar-refractivity contribution in [2.24, 2.45) is 0 Å². The van der Waals surface area contributed by atoms with Crippen molar-refractivity contribution in [3.05, 3.63) is 258 Å². The first-order chi connectivity index (χ1) is 34.9. The van der Waals surface area contributed by atoms with Crippen LogP contribution in [0.1, 0.15) is 47.2 Å². The SMILES string of the molecule is CC1(C)c2ccccc2-c2ccc(N(c3ccc4ccccc4c3)c3ccc4oc5c(-c6ccc7c(c6)C6(c8ccccc8-c8ccccc86)c6ccccc6-7)c6c(cc5c4c3)oc3ccccc36)cc21. The molecule has 71 heavy (non-hydrogen) atoms. The van der Waals surface area contributed by atoms with Crippen molar-refractivity contribution in [1.82, 2.24) is 0 Å². The highest BCUT2D eigenvalue weighted by atomic mass is 16.3. The van der Waals surface area contributed by atoms with Crippen LogP contribution in [0.3, 0.4) is 0 Å². The van der Waals surface area contributed by atoms with Crippen LogP contribution in [-0.2, 0) is 10.8 Å². The molecule has 0 unspecified atom stereocenters. The van der Waals surface area contributed by atoms with Crippen LogP contribution < -0.4 is 4.90 Å². The van der Waals surface area contributed by atoms with E-state index in [0.29, 0.717) is 0 Å². The number of nitrogens with zero attached hydrogens (tertiary/aromatic N) is 1. The lowest BCUT2D eigenvalue weighted by Gasteiger charge is -2.30. The lowest BCUT2D eigenvalue weighted by Crippen LogP contribution is -2.25. The summed E-state index contributed by atoms with van der Waals surface area (Å²) in [6.45, 7) is 4.71. The van der Waals surface area contributed by atoms with Crippen LogP contribution in [0, 0.1) is 0 Å². The number of rotatable bonds is 4. The zero-order valence-corrected chi connectivity index (χ0v) is 39.1. The highest BCUT2D eigenvalue weighted by Crippen LogP contribution is 2.63. The molecule has 0 fully saturated rings. The number of furan rings is 2. The van der Waals surface area contributed by atoms with Crippen molar-refractivity contribution in [2.45, 2.75) is 24.7 Å². The Morgan fingerprint density at radius 2 is 0.873 bits per heavy atom. The van der Waals surface area contributed by atoms with Gasteiger partial charge < -0.3 is 13.7 Å². The van der Waals surface area contributed by atoms with Gasteiger partial charge >= 0.3 is 0 Å². The van der Waals surface area contributed by atoms with Crippen molar-refractivity contribution in [3.8, 4) is 44.5 Å². The summed E-state index contributed by atoms with van der Waals surface area (Å²) in [7, 11) is 0. The Hall–Kier alpha value is -8.92. The van der Waals surface area contributed by atoms with Gasteiger partial charge in [-0.25, -0.2) is 0 Å². The van der Waals surface area contributed by atoms with E-state index in [-0.39, 0.29) is 5.41 Å². The van der Waals surface area contributed by atoms with E-state index in [1.54, 1.807) is 0 Å². The number of hydrogen-bond acceptors (Lipinski definition) is 3. The minimum atomic E-state index is -0.481. The minimum absolute atomic E-state index is 0.152. The van der Waals surface area contributed by atoms with Gasteiger partial charge in [0.25, 0.3) is 0 Å². The van der Waals surface area contributed by atoms with Gasteiger partial charge in [-0.2, -0.15) is 0 Å². The third kappa shape index (κ3) is 5.07. The fourth-order valence-electron chi connectivity index (χ4n) is 13.4. The average Bonchev–Trinajstić information content (AvgIpc) is 4.19. The van der Waals surface area contributed by atoms with Gasteiger partial charge in [0.15, 0.2) is 0 Å². The number of benzene rings is 11. The highest BCUT2D eigenvalue weighted by Gasteiger charge is 2.51. The molecule has 0 radical (unpaired) electrons. The van der Waals surface area contributed by atoms with Gasteiger partial charge in [-0.1, -0.05) is 178 Å². The molecule has 0 saturated carbocycles. The van der Waals surface area contributed by atoms with Gasteiger partial charge in [0.2, 0.25) is 0 Å². The summed E-state index contributed by atoms with van der Waals surface area (Å²) >= 11 is 0. The molecule has 0 saturated heterocycles. The molecule has 16 rings (SSSR count). The van der Waals surface area contributed by atoms with Crippen LogP contribution in [-0.4, -0.2) is 0 Å². The maximum absolute atomic E-state index is 7.24. The monoisotopic (exact) mass is 905 g/mol. The molecule has 0 aliphatic heterocycles.